The molecule has 0 bridgehead atoms. The molecule has 16 heavy (non-hydrogen) atoms. The van der Waals surface area contributed by atoms with Gasteiger partial charge in [-0.3, -0.25) is 0 Å². The standard InChI is InChI=1S/C13H19FOS/c1-8(2)10(4)16-12-7-5-6-11(14)13(12)9(3)15/h5-10,15H,1-4H3. The number of halogens is 1. The van der Waals surface area contributed by atoms with E-state index in [1.54, 1.807) is 24.8 Å². The Bertz CT molecular complexity index is 350. The molecular formula is C13H19FOS. The molecule has 1 aromatic rings. The molecule has 1 aromatic carbocycles. The molecule has 0 amide bonds. The number of thioether (sulfide) groups is 1. The van der Waals surface area contributed by atoms with Crippen molar-refractivity contribution >= 4 is 11.8 Å². The molecule has 2 unspecified atom stereocenters. The van der Waals surface area contributed by atoms with Crippen molar-refractivity contribution in [3.8, 4) is 0 Å². The number of hydrogen-bond acceptors (Lipinski definition) is 2. The molecule has 0 aliphatic carbocycles. The van der Waals surface area contributed by atoms with Gasteiger partial charge in [-0.1, -0.05) is 26.8 Å². The van der Waals surface area contributed by atoms with Crippen LogP contribution in [0.4, 0.5) is 4.39 Å². The zero-order valence-electron chi connectivity index (χ0n) is 10.2. The second-order valence-corrected chi connectivity index (χ2v) is 5.81. The van der Waals surface area contributed by atoms with Crippen molar-refractivity contribution < 1.29 is 9.50 Å². The molecule has 0 spiro atoms. The van der Waals surface area contributed by atoms with Crippen molar-refractivity contribution in [2.45, 2.75) is 43.9 Å². The molecule has 0 aromatic heterocycles. The lowest BCUT2D eigenvalue weighted by molar-refractivity contribution is 0.191. The van der Waals surface area contributed by atoms with Crippen LogP contribution in [0.1, 0.15) is 39.4 Å². The maximum Gasteiger partial charge on any atom is 0.130 e. The number of benzene rings is 1. The molecular weight excluding hydrogens is 223 g/mol. The Kier molecular flexibility index (Phi) is 4.81. The highest BCUT2D eigenvalue weighted by molar-refractivity contribution is 8.00. The maximum absolute atomic E-state index is 13.6. The van der Waals surface area contributed by atoms with E-state index in [-0.39, 0.29) is 5.82 Å². The Balaban J connectivity index is 2.99. The summed E-state index contributed by atoms with van der Waals surface area (Å²) in [6, 6.07) is 4.96. The quantitative estimate of drug-likeness (QED) is 0.805. The highest BCUT2D eigenvalue weighted by Gasteiger charge is 2.17. The minimum atomic E-state index is -0.761. The minimum Gasteiger partial charge on any atom is -0.389 e. The van der Waals surface area contributed by atoms with Crippen molar-refractivity contribution in [1.29, 1.82) is 0 Å². The lowest BCUT2D eigenvalue weighted by atomic mass is 10.1. The Morgan fingerprint density at radius 1 is 1.19 bits per heavy atom. The molecule has 0 radical (unpaired) electrons. The fraction of sp³-hybridized carbons (Fsp3) is 0.538. The molecule has 0 saturated heterocycles. The summed E-state index contributed by atoms with van der Waals surface area (Å²) in [4.78, 5) is 0.844. The van der Waals surface area contributed by atoms with Crippen LogP contribution < -0.4 is 0 Å². The maximum atomic E-state index is 13.6. The number of hydrogen-bond donors (Lipinski definition) is 1. The van der Waals surface area contributed by atoms with Gasteiger partial charge in [-0.05, 0) is 25.0 Å². The van der Waals surface area contributed by atoms with E-state index in [4.69, 9.17) is 0 Å². The molecule has 1 rings (SSSR count). The molecule has 0 fully saturated rings. The van der Waals surface area contributed by atoms with Gasteiger partial charge < -0.3 is 5.11 Å². The van der Waals surface area contributed by atoms with Crippen LogP contribution >= 0.6 is 11.8 Å². The van der Waals surface area contributed by atoms with Gasteiger partial charge in [0, 0.05) is 15.7 Å². The molecule has 1 N–H and O–H groups in total. The van der Waals surface area contributed by atoms with E-state index in [1.165, 1.54) is 6.07 Å². The average molecular weight is 242 g/mol. The van der Waals surface area contributed by atoms with E-state index >= 15 is 0 Å². The fourth-order valence-electron chi connectivity index (χ4n) is 1.36. The van der Waals surface area contributed by atoms with Crippen molar-refractivity contribution in [2.75, 3.05) is 0 Å². The first kappa shape index (κ1) is 13.5. The largest absolute Gasteiger partial charge is 0.389 e. The van der Waals surface area contributed by atoms with Gasteiger partial charge in [0.25, 0.3) is 0 Å². The van der Waals surface area contributed by atoms with Gasteiger partial charge in [0.05, 0.1) is 6.10 Å². The summed E-state index contributed by atoms with van der Waals surface area (Å²) in [6.07, 6.45) is -0.761. The van der Waals surface area contributed by atoms with E-state index in [9.17, 15) is 9.50 Å². The summed E-state index contributed by atoms with van der Waals surface area (Å²) >= 11 is 1.62. The van der Waals surface area contributed by atoms with Gasteiger partial charge in [0.1, 0.15) is 5.82 Å². The predicted molar refractivity (Wildman–Crippen MR) is 67.2 cm³/mol. The van der Waals surface area contributed by atoms with Gasteiger partial charge in [-0.2, -0.15) is 0 Å². The summed E-state index contributed by atoms with van der Waals surface area (Å²) < 4.78 is 13.6. The smallest absolute Gasteiger partial charge is 0.130 e. The monoisotopic (exact) mass is 242 g/mol. The molecule has 2 atom stereocenters. The van der Waals surface area contributed by atoms with E-state index in [0.29, 0.717) is 16.7 Å². The van der Waals surface area contributed by atoms with Crippen LogP contribution in [-0.4, -0.2) is 10.4 Å². The van der Waals surface area contributed by atoms with Crippen LogP contribution in [0.15, 0.2) is 23.1 Å². The van der Waals surface area contributed by atoms with Gasteiger partial charge in [-0.25, -0.2) is 4.39 Å². The van der Waals surface area contributed by atoms with Crippen LogP contribution in [0, 0.1) is 11.7 Å². The lowest BCUT2D eigenvalue weighted by Crippen LogP contribution is -2.07. The summed E-state index contributed by atoms with van der Waals surface area (Å²) in [6.45, 7) is 7.99. The average Bonchev–Trinajstić information content (AvgIpc) is 2.16. The highest BCUT2D eigenvalue weighted by Crippen LogP contribution is 2.34. The third kappa shape index (κ3) is 3.22. The van der Waals surface area contributed by atoms with E-state index < -0.39 is 6.10 Å². The highest BCUT2D eigenvalue weighted by atomic mass is 32.2. The molecule has 0 heterocycles. The summed E-state index contributed by atoms with van der Waals surface area (Å²) in [5.74, 6) is 0.200. The van der Waals surface area contributed by atoms with Crippen molar-refractivity contribution in [2.24, 2.45) is 5.92 Å². The fourth-order valence-corrected chi connectivity index (χ4v) is 2.59. The lowest BCUT2D eigenvalue weighted by Gasteiger charge is -2.18. The Labute approximate surface area is 101 Å². The Morgan fingerprint density at radius 3 is 2.31 bits per heavy atom. The van der Waals surface area contributed by atoms with Crippen molar-refractivity contribution in [3.63, 3.8) is 0 Å². The second kappa shape index (κ2) is 5.69. The predicted octanol–water partition coefficient (Wildman–Crippen LogP) is 4.02. The van der Waals surface area contributed by atoms with Crippen molar-refractivity contribution in [1.82, 2.24) is 0 Å². The zero-order chi connectivity index (χ0) is 12.3. The molecule has 0 aliphatic rings. The second-order valence-electron chi connectivity index (χ2n) is 4.39. The Morgan fingerprint density at radius 2 is 1.81 bits per heavy atom. The first-order valence-corrected chi connectivity index (χ1v) is 6.44. The van der Waals surface area contributed by atoms with E-state index in [2.05, 4.69) is 20.8 Å². The third-order valence-corrected chi connectivity index (χ3v) is 4.21. The summed E-state index contributed by atoms with van der Waals surface area (Å²) in [5, 5.41) is 9.99. The van der Waals surface area contributed by atoms with Gasteiger partial charge in [-0.15, -0.1) is 11.8 Å². The van der Waals surface area contributed by atoms with E-state index in [0.717, 1.165) is 4.90 Å². The first-order valence-electron chi connectivity index (χ1n) is 5.56. The van der Waals surface area contributed by atoms with Crippen LogP contribution in [-0.2, 0) is 0 Å². The van der Waals surface area contributed by atoms with Gasteiger partial charge >= 0.3 is 0 Å². The first-order chi connectivity index (χ1) is 7.43. The van der Waals surface area contributed by atoms with Gasteiger partial charge in [0.15, 0.2) is 0 Å². The zero-order valence-corrected chi connectivity index (χ0v) is 11.0. The van der Waals surface area contributed by atoms with Crippen LogP contribution in [0.3, 0.4) is 0 Å². The number of aliphatic hydroxyl groups excluding tert-OH is 1. The van der Waals surface area contributed by atoms with Crippen LogP contribution in [0.2, 0.25) is 0 Å². The number of aliphatic hydroxyl groups is 1. The molecule has 90 valence electrons. The summed E-state index contributed by atoms with van der Waals surface area (Å²) in [5.41, 5.74) is 0.417. The SMILES string of the molecule is CC(O)c1c(F)cccc1SC(C)C(C)C. The minimum absolute atomic E-state index is 0.323. The van der Waals surface area contributed by atoms with E-state index in [1.807, 2.05) is 6.07 Å². The van der Waals surface area contributed by atoms with Gasteiger partial charge in [0.2, 0.25) is 0 Å². The van der Waals surface area contributed by atoms with Crippen LogP contribution in [0.5, 0.6) is 0 Å². The van der Waals surface area contributed by atoms with Crippen molar-refractivity contribution in [3.05, 3.63) is 29.6 Å². The molecule has 0 saturated carbocycles. The number of rotatable bonds is 4. The molecule has 3 heteroatoms. The summed E-state index contributed by atoms with van der Waals surface area (Å²) in [7, 11) is 0. The molecule has 0 aliphatic heterocycles. The normalized spacial score (nSPS) is 15.2. The Hall–Kier alpha value is -0.540. The van der Waals surface area contributed by atoms with Crippen LogP contribution in [0.25, 0.3) is 0 Å². The topological polar surface area (TPSA) is 20.2 Å². The molecule has 1 nitrogen and oxygen atoms in total. The third-order valence-electron chi connectivity index (χ3n) is 2.68.